The lowest BCUT2D eigenvalue weighted by Gasteiger charge is -2.21. The lowest BCUT2D eigenvalue weighted by molar-refractivity contribution is -0.145. The van der Waals surface area contributed by atoms with Gasteiger partial charge in [0.15, 0.2) is 0 Å². The zero-order valence-electron chi connectivity index (χ0n) is 12.0. The normalized spacial score (nSPS) is 16.5. The number of carbonyl (C=O) groups is 1. The van der Waals surface area contributed by atoms with Gasteiger partial charge in [-0.25, -0.2) is 0 Å². The number of esters is 1. The van der Waals surface area contributed by atoms with Crippen LogP contribution in [0.2, 0.25) is 0 Å². The fraction of sp³-hybridized carbons (Fsp3) is 0.929. The van der Waals surface area contributed by atoms with Crippen molar-refractivity contribution >= 4 is 5.97 Å². The molecule has 1 saturated heterocycles. The van der Waals surface area contributed by atoms with Gasteiger partial charge in [-0.3, -0.25) is 4.79 Å². The van der Waals surface area contributed by atoms with Crippen LogP contribution in [-0.4, -0.2) is 52.6 Å². The summed E-state index contributed by atoms with van der Waals surface area (Å²) in [6.45, 7) is 4.35. The maximum atomic E-state index is 11.5. The number of hydrogen-bond acceptors (Lipinski definition) is 5. The molecule has 1 heterocycles. The predicted octanol–water partition coefficient (Wildman–Crippen LogP) is 1.36. The third-order valence-electron chi connectivity index (χ3n) is 3.34. The smallest absolute Gasteiger partial charge is 0.305 e. The molecular weight excluding hydrogens is 246 g/mol. The molecule has 1 aliphatic heterocycles. The van der Waals surface area contributed by atoms with E-state index in [1.807, 2.05) is 0 Å². The van der Waals surface area contributed by atoms with Crippen LogP contribution in [0.5, 0.6) is 0 Å². The first-order chi connectivity index (χ1) is 9.33. The Morgan fingerprint density at radius 2 is 1.95 bits per heavy atom. The first kappa shape index (κ1) is 16.4. The molecule has 0 atom stereocenters. The number of rotatable bonds is 10. The quantitative estimate of drug-likeness (QED) is 0.481. The Morgan fingerprint density at radius 1 is 1.16 bits per heavy atom. The fourth-order valence-electron chi connectivity index (χ4n) is 2.19. The number of nitrogens with one attached hydrogen (secondary N) is 1. The van der Waals surface area contributed by atoms with Gasteiger partial charge < -0.3 is 19.5 Å². The number of methoxy groups -OCH3 is 1. The minimum atomic E-state index is -0.0981. The van der Waals surface area contributed by atoms with Gasteiger partial charge >= 0.3 is 5.97 Å². The van der Waals surface area contributed by atoms with E-state index in [2.05, 4.69) is 5.32 Å². The van der Waals surface area contributed by atoms with Crippen molar-refractivity contribution in [3.05, 3.63) is 0 Å². The number of carbonyl (C=O) groups excluding carboxylic acids is 1. The van der Waals surface area contributed by atoms with Gasteiger partial charge in [-0.1, -0.05) is 0 Å². The van der Waals surface area contributed by atoms with Crippen LogP contribution in [0.25, 0.3) is 0 Å². The van der Waals surface area contributed by atoms with Crippen molar-refractivity contribution in [1.82, 2.24) is 5.32 Å². The summed E-state index contributed by atoms with van der Waals surface area (Å²) in [6, 6.07) is 0. The Labute approximate surface area is 116 Å². The standard InChI is InChI=1S/C14H27NO4/c1-17-9-2-10-18-11-12-19-14(16)4-3-13-5-7-15-8-6-13/h13,15H,2-12H2,1H3. The van der Waals surface area contributed by atoms with Crippen LogP contribution < -0.4 is 5.32 Å². The summed E-state index contributed by atoms with van der Waals surface area (Å²) in [5.41, 5.74) is 0. The van der Waals surface area contributed by atoms with Crippen molar-refractivity contribution in [1.29, 1.82) is 0 Å². The number of hydrogen-bond donors (Lipinski definition) is 1. The summed E-state index contributed by atoms with van der Waals surface area (Å²) in [6.07, 6.45) is 4.72. The molecule has 0 unspecified atom stereocenters. The highest BCUT2D eigenvalue weighted by atomic mass is 16.6. The first-order valence-corrected chi connectivity index (χ1v) is 7.26. The molecule has 0 saturated carbocycles. The van der Waals surface area contributed by atoms with E-state index < -0.39 is 0 Å². The van der Waals surface area contributed by atoms with E-state index in [0.29, 0.717) is 38.8 Å². The maximum absolute atomic E-state index is 11.5. The topological polar surface area (TPSA) is 56.8 Å². The van der Waals surface area contributed by atoms with Crippen molar-refractivity contribution in [2.75, 3.05) is 46.6 Å². The molecule has 0 amide bonds. The molecule has 5 heteroatoms. The molecule has 1 N–H and O–H groups in total. The molecule has 0 bridgehead atoms. The third-order valence-corrected chi connectivity index (χ3v) is 3.34. The van der Waals surface area contributed by atoms with Gasteiger partial charge in [0.05, 0.1) is 6.61 Å². The molecule has 5 nitrogen and oxygen atoms in total. The monoisotopic (exact) mass is 273 g/mol. The first-order valence-electron chi connectivity index (χ1n) is 7.26. The zero-order chi connectivity index (χ0) is 13.8. The molecule has 0 aliphatic carbocycles. The van der Waals surface area contributed by atoms with Crippen LogP contribution in [0.4, 0.5) is 0 Å². The van der Waals surface area contributed by atoms with Gasteiger partial charge in [-0.2, -0.15) is 0 Å². The molecule has 19 heavy (non-hydrogen) atoms. The van der Waals surface area contributed by atoms with E-state index in [9.17, 15) is 4.79 Å². The summed E-state index contributed by atoms with van der Waals surface area (Å²) < 4.78 is 15.4. The summed E-state index contributed by atoms with van der Waals surface area (Å²) in [5.74, 6) is 0.582. The molecule has 0 spiro atoms. The molecule has 1 fully saturated rings. The van der Waals surface area contributed by atoms with Crippen molar-refractivity contribution in [3.63, 3.8) is 0 Å². The second-order valence-electron chi connectivity index (χ2n) is 4.91. The Bertz CT molecular complexity index is 229. The number of ether oxygens (including phenoxy) is 3. The van der Waals surface area contributed by atoms with E-state index in [1.165, 1.54) is 12.8 Å². The minimum Gasteiger partial charge on any atom is -0.463 e. The Morgan fingerprint density at radius 3 is 2.68 bits per heavy atom. The van der Waals surface area contributed by atoms with Gasteiger partial charge in [0, 0.05) is 26.7 Å². The molecule has 0 aromatic rings. The summed E-state index contributed by atoms with van der Waals surface area (Å²) in [7, 11) is 1.67. The summed E-state index contributed by atoms with van der Waals surface area (Å²) in [5, 5.41) is 3.32. The van der Waals surface area contributed by atoms with Gasteiger partial charge in [0.1, 0.15) is 6.61 Å². The summed E-state index contributed by atoms with van der Waals surface area (Å²) in [4.78, 5) is 11.5. The fourth-order valence-corrected chi connectivity index (χ4v) is 2.19. The second kappa shape index (κ2) is 11.2. The maximum Gasteiger partial charge on any atom is 0.305 e. The van der Waals surface area contributed by atoms with E-state index in [-0.39, 0.29) is 5.97 Å². The van der Waals surface area contributed by atoms with Crippen LogP contribution >= 0.6 is 0 Å². The Hall–Kier alpha value is -0.650. The van der Waals surface area contributed by atoms with E-state index in [4.69, 9.17) is 14.2 Å². The van der Waals surface area contributed by atoms with Gasteiger partial charge in [0.25, 0.3) is 0 Å². The van der Waals surface area contributed by atoms with Crippen LogP contribution in [0.1, 0.15) is 32.1 Å². The highest BCUT2D eigenvalue weighted by Crippen LogP contribution is 2.17. The highest BCUT2D eigenvalue weighted by molar-refractivity contribution is 5.69. The molecule has 112 valence electrons. The Balaban J connectivity index is 1.87. The van der Waals surface area contributed by atoms with E-state index in [0.717, 1.165) is 25.9 Å². The van der Waals surface area contributed by atoms with Crippen molar-refractivity contribution in [2.45, 2.75) is 32.1 Å². The molecule has 1 rings (SSSR count). The molecule has 0 radical (unpaired) electrons. The zero-order valence-corrected chi connectivity index (χ0v) is 12.0. The largest absolute Gasteiger partial charge is 0.463 e. The summed E-state index contributed by atoms with van der Waals surface area (Å²) >= 11 is 0. The van der Waals surface area contributed by atoms with Crippen molar-refractivity contribution in [2.24, 2.45) is 5.92 Å². The van der Waals surface area contributed by atoms with Crippen molar-refractivity contribution < 1.29 is 19.0 Å². The van der Waals surface area contributed by atoms with E-state index >= 15 is 0 Å². The Kier molecular flexibility index (Phi) is 9.67. The average Bonchev–Trinajstić information content (AvgIpc) is 2.45. The van der Waals surface area contributed by atoms with Crippen LogP contribution in [-0.2, 0) is 19.0 Å². The average molecular weight is 273 g/mol. The van der Waals surface area contributed by atoms with E-state index in [1.54, 1.807) is 7.11 Å². The molecule has 0 aromatic carbocycles. The molecular formula is C14H27NO4. The number of piperidine rings is 1. The second-order valence-corrected chi connectivity index (χ2v) is 4.91. The van der Waals surface area contributed by atoms with Crippen LogP contribution in [0, 0.1) is 5.92 Å². The van der Waals surface area contributed by atoms with Crippen LogP contribution in [0.3, 0.4) is 0 Å². The van der Waals surface area contributed by atoms with Gasteiger partial charge in [-0.05, 0) is 44.7 Å². The van der Waals surface area contributed by atoms with Crippen LogP contribution in [0.15, 0.2) is 0 Å². The lowest BCUT2D eigenvalue weighted by Crippen LogP contribution is -2.28. The van der Waals surface area contributed by atoms with Gasteiger partial charge in [-0.15, -0.1) is 0 Å². The van der Waals surface area contributed by atoms with Gasteiger partial charge in [0.2, 0.25) is 0 Å². The van der Waals surface area contributed by atoms with Crippen molar-refractivity contribution in [3.8, 4) is 0 Å². The lowest BCUT2D eigenvalue weighted by atomic mass is 9.93. The third kappa shape index (κ3) is 8.97. The minimum absolute atomic E-state index is 0.0981. The molecule has 0 aromatic heterocycles. The predicted molar refractivity (Wildman–Crippen MR) is 73.1 cm³/mol. The highest BCUT2D eigenvalue weighted by Gasteiger charge is 2.14. The molecule has 1 aliphatic rings. The SMILES string of the molecule is COCCCOCCOC(=O)CCC1CCNCC1.